The minimum absolute atomic E-state index is 0.0881. The molecule has 1 aromatic carbocycles. The predicted octanol–water partition coefficient (Wildman–Crippen LogP) is 2.89. The van der Waals surface area contributed by atoms with Gasteiger partial charge in [-0.15, -0.1) is 0 Å². The van der Waals surface area contributed by atoms with Crippen LogP contribution in [-0.2, 0) is 16.0 Å². The van der Waals surface area contributed by atoms with Crippen molar-refractivity contribution in [3.63, 3.8) is 0 Å². The van der Waals surface area contributed by atoms with E-state index in [0.717, 1.165) is 18.4 Å². The Morgan fingerprint density at radius 1 is 1.42 bits per heavy atom. The average molecular weight is 264 g/mol. The number of halogens is 1. The molecule has 19 heavy (non-hydrogen) atoms. The Morgan fingerprint density at radius 3 is 2.79 bits per heavy atom. The van der Waals surface area contributed by atoms with E-state index in [9.17, 15) is 19.1 Å². The van der Waals surface area contributed by atoms with Crippen molar-refractivity contribution in [2.45, 2.75) is 39.0 Å². The number of Topliss-reactive ketones (excluding diaryl/α,β-unsaturated/α-hetero) is 1. The van der Waals surface area contributed by atoms with E-state index in [-0.39, 0.29) is 12.2 Å². The molecule has 0 aliphatic heterocycles. The lowest BCUT2D eigenvalue weighted by Gasteiger charge is -2.32. The van der Waals surface area contributed by atoms with Gasteiger partial charge in [0.25, 0.3) is 0 Å². The third-order valence-corrected chi connectivity index (χ3v) is 4.00. The minimum Gasteiger partial charge on any atom is -0.480 e. The van der Waals surface area contributed by atoms with Crippen molar-refractivity contribution in [3.8, 4) is 0 Å². The number of hydrogen-bond acceptors (Lipinski definition) is 2. The lowest BCUT2D eigenvalue weighted by molar-refractivity contribution is -0.157. The zero-order valence-electron chi connectivity index (χ0n) is 10.9. The molecule has 1 aliphatic carbocycles. The molecule has 2 rings (SSSR count). The fourth-order valence-corrected chi connectivity index (χ4v) is 2.74. The monoisotopic (exact) mass is 264 g/mol. The van der Waals surface area contributed by atoms with Gasteiger partial charge in [-0.1, -0.05) is 12.5 Å². The van der Waals surface area contributed by atoms with Crippen molar-refractivity contribution in [2.75, 3.05) is 0 Å². The number of carboxylic acids is 1. The number of aryl methyl sites for hydroxylation is 1. The summed E-state index contributed by atoms with van der Waals surface area (Å²) in [4.78, 5) is 23.7. The van der Waals surface area contributed by atoms with E-state index in [2.05, 4.69) is 0 Å². The topological polar surface area (TPSA) is 54.4 Å². The van der Waals surface area contributed by atoms with Crippen LogP contribution in [0.5, 0.6) is 0 Å². The number of rotatable bonds is 3. The Morgan fingerprint density at radius 2 is 2.16 bits per heavy atom. The Bertz CT molecular complexity index is 524. The first kappa shape index (κ1) is 13.7. The molecule has 1 N–H and O–H groups in total. The molecular formula is C15H17FO3. The standard InChI is InChI=1S/C15H17FO3/c1-10-5-6-12(16)8-11(10)9-15(14(18)19)7-3-2-4-13(15)17/h5-6,8H,2-4,7,9H2,1H3,(H,18,19). The van der Waals surface area contributed by atoms with Crippen LogP contribution in [0.15, 0.2) is 18.2 Å². The highest BCUT2D eigenvalue weighted by Crippen LogP contribution is 2.37. The van der Waals surface area contributed by atoms with E-state index in [1.54, 1.807) is 13.0 Å². The van der Waals surface area contributed by atoms with E-state index in [1.165, 1.54) is 12.1 Å². The smallest absolute Gasteiger partial charge is 0.317 e. The minimum atomic E-state index is -1.36. The van der Waals surface area contributed by atoms with Crippen LogP contribution in [-0.4, -0.2) is 16.9 Å². The van der Waals surface area contributed by atoms with Crippen molar-refractivity contribution in [2.24, 2.45) is 5.41 Å². The van der Waals surface area contributed by atoms with Gasteiger partial charge in [-0.3, -0.25) is 9.59 Å². The van der Waals surface area contributed by atoms with Gasteiger partial charge in [0.05, 0.1) is 0 Å². The Labute approximate surface area is 111 Å². The van der Waals surface area contributed by atoms with E-state index >= 15 is 0 Å². The van der Waals surface area contributed by atoms with Gasteiger partial charge >= 0.3 is 5.97 Å². The van der Waals surface area contributed by atoms with Gasteiger partial charge in [0.15, 0.2) is 5.78 Å². The Hall–Kier alpha value is -1.71. The normalized spacial score (nSPS) is 23.4. The summed E-state index contributed by atoms with van der Waals surface area (Å²) in [7, 11) is 0. The number of aliphatic carboxylic acids is 1. The van der Waals surface area contributed by atoms with Crippen molar-refractivity contribution >= 4 is 11.8 Å². The highest BCUT2D eigenvalue weighted by atomic mass is 19.1. The molecule has 0 radical (unpaired) electrons. The summed E-state index contributed by atoms with van der Waals surface area (Å²) < 4.78 is 13.3. The molecule has 1 fully saturated rings. The fraction of sp³-hybridized carbons (Fsp3) is 0.467. The van der Waals surface area contributed by atoms with Crippen molar-refractivity contribution in [3.05, 3.63) is 35.1 Å². The predicted molar refractivity (Wildman–Crippen MR) is 68.4 cm³/mol. The maximum atomic E-state index is 13.3. The number of benzene rings is 1. The summed E-state index contributed by atoms with van der Waals surface area (Å²) in [6.45, 7) is 1.80. The summed E-state index contributed by atoms with van der Waals surface area (Å²) in [5, 5.41) is 9.47. The summed E-state index contributed by atoms with van der Waals surface area (Å²) in [6, 6.07) is 4.30. The Kier molecular flexibility index (Phi) is 3.69. The average Bonchev–Trinajstić information content (AvgIpc) is 2.36. The SMILES string of the molecule is Cc1ccc(F)cc1CC1(C(=O)O)CCCCC1=O. The van der Waals surface area contributed by atoms with Crippen LogP contribution in [0.2, 0.25) is 0 Å². The number of carbonyl (C=O) groups is 2. The van der Waals surface area contributed by atoms with E-state index in [0.29, 0.717) is 18.4 Å². The second kappa shape index (κ2) is 5.11. The van der Waals surface area contributed by atoms with Crippen molar-refractivity contribution in [1.29, 1.82) is 0 Å². The number of ketones is 1. The van der Waals surface area contributed by atoms with Crippen LogP contribution in [0.3, 0.4) is 0 Å². The molecule has 0 bridgehead atoms. The number of carbonyl (C=O) groups excluding carboxylic acids is 1. The summed E-state index contributed by atoms with van der Waals surface area (Å²) in [5.74, 6) is -1.71. The second-order valence-corrected chi connectivity index (χ2v) is 5.27. The van der Waals surface area contributed by atoms with Crippen LogP contribution in [0.4, 0.5) is 4.39 Å². The van der Waals surface area contributed by atoms with Gasteiger partial charge in [0.1, 0.15) is 11.2 Å². The van der Waals surface area contributed by atoms with Gasteiger partial charge in [-0.25, -0.2) is 4.39 Å². The maximum absolute atomic E-state index is 13.3. The van der Waals surface area contributed by atoms with Crippen LogP contribution in [0.1, 0.15) is 36.8 Å². The van der Waals surface area contributed by atoms with Crippen LogP contribution in [0, 0.1) is 18.2 Å². The maximum Gasteiger partial charge on any atom is 0.317 e. The van der Waals surface area contributed by atoms with Crippen LogP contribution >= 0.6 is 0 Å². The lowest BCUT2D eigenvalue weighted by atomic mass is 9.69. The molecule has 0 amide bonds. The zero-order valence-corrected chi connectivity index (χ0v) is 10.9. The molecule has 1 saturated carbocycles. The first-order valence-corrected chi connectivity index (χ1v) is 6.47. The molecule has 102 valence electrons. The molecule has 3 nitrogen and oxygen atoms in total. The summed E-state index contributed by atoms with van der Waals surface area (Å²) in [6.07, 6.45) is 2.21. The Balaban J connectivity index is 2.38. The molecule has 0 spiro atoms. The third kappa shape index (κ3) is 2.53. The quantitative estimate of drug-likeness (QED) is 0.854. The molecule has 1 unspecified atom stereocenters. The van der Waals surface area contributed by atoms with Gasteiger partial charge in [0, 0.05) is 6.42 Å². The molecule has 0 saturated heterocycles. The van der Waals surface area contributed by atoms with E-state index < -0.39 is 17.2 Å². The molecule has 1 aliphatic rings. The van der Waals surface area contributed by atoms with Gasteiger partial charge in [0.2, 0.25) is 0 Å². The van der Waals surface area contributed by atoms with Crippen LogP contribution < -0.4 is 0 Å². The molecular weight excluding hydrogens is 247 g/mol. The fourth-order valence-electron chi connectivity index (χ4n) is 2.74. The molecule has 1 atom stereocenters. The van der Waals surface area contributed by atoms with E-state index in [1.807, 2.05) is 0 Å². The molecule has 0 heterocycles. The van der Waals surface area contributed by atoms with Crippen LogP contribution in [0.25, 0.3) is 0 Å². The number of carboxylic acid groups (broad SMARTS) is 1. The first-order valence-electron chi connectivity index (χ1n) is 6.47. The molecule has 1 aromatic rings. The first-order chi connectivity index (χ1) is 8.95. The largest absolute Gasteiger partial charge is 0.480 e. The highest BCUT2D eigenvalue weighted by Gasteiger charge is 2.46. The zero-order chi connectivity index (χ0) is 14.0. The summed E-state index contributed by atoms with van der Waals surface area (Å²) >= 11 is 0. The highest BCUT2D eigenvalue weighted by molar-refractivity contribution is 6.03. The second-order valence-electron chi connectivity index (χ2n) is 5.27. The molecule has 0 aromatic heterocycles. The molecule has 4 heteroatoms. The van der Waals surface area contributed by atoms with Crippen molar-refractivity contribution < 1.29 is 19.1 Å². The van der Waals surface area contributed by atoms with E-state index in [4.69, 9.17) is 0 Å². The summed E-state index contributed by atoms with van der Waals surface area (Å²) in [5.41, 5.74) is 0.0645. The van der Waals surface area contributed by atoms with Gasteiger partial charge < -0.3 is 5.11 Å². The lowest BCUT2D eigenvalue weighted by Crippen LogP contribution is -2.43. The third-order valence-electron chi connectivity index (χ3n) is 4.00. The van der Waals surface area contributed by atoms with Crippen molar-refractivity contribution in [1.82, 2.24) is 0 Å². The number of hydrogen-bond donors (Lipinski definition) is 1. The van der Waals surface area contributed by atoms with Gasteiger partial charge in [-0.05, 0) is 49.4 Å². The van der Waals surface area contributed by atoms with Gasteiger partial charge in [-0.2, -0.15) is 0 Å².